The third kappa shape index (κ3) is 5.67. The van der Waals surface area contributed by atoms with E-state index in [4.69, 9.17) is 0 Å². The summed E-state index contributed by atoms with van der Waals surface area (Å²) in [5.74, 6) is -0.578. The summed E-state index contributed by atoms with van der Waals surface area (Å²) < 4.78 is 0. The molecule has 0 saturated carbocycles. The second-order valence-electron chi connectivity index (χ2n) is 5.69. The molecular weight excluding hydrogens is 346 g/mol. The molecule has 26 heavy (non-hydrogen) atoms. The number of hydrogen-bond donors (Lipinski definition) is 2. The van der Waals surface area contributed by atoms with Gasteiger partial charge in [0.2, 0.25) is 5.91 Å². The highest BCUT2D eigenvalue weighted by Crippen LogP contribution is 2.25. The Bertz CT molecular complexity index is 837. The van der Waals surface area contributed by atoms with Crippen LogP contribution in [0.1, 0.15) is 25.8 Å². The quantitative estimate of drug-likeness (QED) is 0.570. The lowest BCUT2D eigenvalue weighted by atomic mass is 10.1. The average molecular weight is 369 g/mol. The van der Waals surface area contributed by atoms with Crippen LogP contribution in [0.2, 0.25) is 0 Å². The number of nitrogens with one attached hydrogen (secondary N) is 2. The highest BCUT2D eigenvalue weighted by atomic mass is 32.1. The number of thiazole rings is 1. The van der Waals surface area contributed by atoms with Crippen molar-refractivity contribution < 1.29 is 9.59 Å². The molecule has 2 amide bonds. The Morgan fingerprint density at radius 2 is 2.12 bits per heavy atom. The number of aromatic nitrogens is 1. The fourth-order valence-corrected chi connectivity index (χ4v) is 2.98. The number of anilines is 1. The number of rotatable bonds is 7. The zero-order chi connectivity index (χ0) is 18.9. The maximum atomic E-state index is 12.0. The van der Waals surface area contributed by atoms with Crippen molar-refractivity contribution in [2.24, 2.45) is 0 Å². The van der Waals surface area contributed by atoms with E-state index in [1.165, 1.54) is 11.3 Å². The summed E-state index contributed by atoms with van der Waals surface area (Å²) in [7, 11) is 0. The second kappa shape index (κ2) is 9.68. The zero-order valence-electron chi connectivity index (χ0n) is 15.2. The van der Waals surface area contributed by atoms with Gasteiger partial charge in [0.1, 0.15) is 0 Å². The third-order valence-corrected chi connectivity index (χ3v) is 4.34. The van der Waals surface area contributed by atoms with E-state index in [-0.39, 0.29) is 18.4 Å². The molecule has 2 aromatic rings. The molecule has 1 heterocycles. The first-order valence-electron chi connectivity index (χ1n) is 8.47. The number of carbonyl (C=O) groups excluding carboxylic acids is 2. The van der Waals surface area contributed by atoms with Gasteiger partial charge in [-0.25, -0.2) is 4.98 Å². The Labute approximate surface area is 157 Å². The van der Waals surface area contributed by atoms with Crippen LogP contribution < -0.4 is 10.6 Å². The van der Waals surface area contributed by atoms with Crippen molar-refractivity contribution in [3.8, 4) is 11.3 Å². The molecule has 0 unspecified atom stereocenters. The normalized spacial score (nSPS) is 11.6. The minimum absolute atomic E-state index is 0.102. The molecule has 2 rings (SSSR count). The van der Waals surface area contributed by atoms with E-state index in [9.17, 15) is 9.59 Å². The van der Waals surface area contributed by atoms with Crippen LogP contribution in [0.5, 0.6) is 0 Å². The van der Waals surface area contributed by atoms with Gasteiger partial charge in [0.15, 0.2) is 5.13 Å². The number of nitrogens with zero attached hydrogens (tertiary/aromatic N) is 1. The Morgan fingerprint density at radius 1 is 1.31 bits per heavy atom. The van der Waals surface area contributed by atoms with E-state index >= 15 is 0 Å². The SMILES string of the molecule is C/C=C(\C=C/CC)C(=O)NCC(=O)Nc1nc(-c2cccc(C)c2)cs1. The summed E-state index contributed by atoms with van der Waals surface area (Å²) in [6, 6.07) is 8.03. The van der Waals surface area contributed by atoms with Crippen molar-refractivity contribution in [2.75, 3.05) is 11.9 Å². The number of aryl methyl sites for hydroxylation is 1. The van der Waals surface area contributed by atoms with Crippen molar-refractivity contribution in [3.63, 3.8) is 0 Å². The number of hydrogen-bond acceptors (Lipinski definition) is 4. The standard InChI is InChI=1S/C20H23N3O2S/c1-4-6-9-15(5-2)19(25)21-12-18(24)23-20-22-17(13-26-20)16-10-7-8-14(3)11-16/h5-11,13H,4,12H2,1-3H3,(H,21,25)(H,22,23,24)/b9-6-,15-5+. The molecule has 0 aliphatic heterocycles. The molecule has 0 spiro atoms. The topological polar surface area (TPSA) is 71.1 Å². The molecule has 136 valence electrons. The zero-order valence-corrected chi connectivity index (χ0v) is 16.0. The van der Waals surface area contributed by atoms with E-state index in [2.05, 4.69) is 15.6 Å². The van der Waals surface area contributed by atoms with Crippen LogP contribution in [0.4, 0.5) is 5.13 Å². The van der Waals surface area contributed by atoms with E-state index in [0.717, 1.165) is 23.2 Å². The van der Waals surface area contributed by atoms with Crippen molar-refractivity contribution in [1.82, 2.24) is 10.3 Å². The summed E-state index contributed by atoms with van der Waals surface area (Å²) in [5.41, 5.74) is 3.52. The maximum absolute atomic E-state index is 12.0. The van der Waals surface area contributed by atoms with Crippen molar-refractivity contribution in [1.29, 1.82) is 0 Å². The molecule has 1 aromatic carbocycles. The van der Waals surface area contributed by atoms with Gasteiger partial charge in [-0.05, 0) is 26.3 Å². The molecular formula is C20H23N3O2S. The molecule has 2 N–H and O–H groups in total. The van der Waals surface area contributed by atoms with Gasteiger partial charge in [0, 0.05) is 16.5 Å². The van der Waals surface area contributed by atoms with Crippen LogP contribution in [0.25, 0.3) is 11.3 Å². The molecule has 0 saturated heterocycles. The highest BCUT2D eigenvalue weighted by Gasteiger charge is 2.11. The summed E-state index contributed by atoms with van der Waals surface area (Å²) in [5, 5.41) is 7.74. The van der Waals surface area contributed by atoms with Gasteiger partial charge in [0.25, 0.3) is 5.91 Å². The number of carbonyl (C=O) groups is 2. The summed E-state index contributed by atoms with van der Waals surface area (Å²) >= 11 is 1.36. The molecule has 5 nitrogen and oxygen atoms in total. The van der Waals surface area contributed by atoms with Gasteiger partial charge in [-0.3, -0.25) is 9.59 Å². The predicted octanol–water partition coefficient (Wildman–Crippen LogP) is 4.09. The fourth-order valence-electron chi connectivity index (χ4n) is 2.24. The van der Waals surface area contributed by atoms with E-state index in [1.807, 2.05) is 49.6 Å². The predicted molar refractivity (Wildman–Crippen MR) is 107 cm³/mol. The van der Waals surface area contributed by atoms with Gasteiger partial charge >= 0.3 is 0 Å². The first kappa shape index (κ1) is 19.6. The largest absolute Gasteiger partial charge is 0.343 e. The van der Waals surface area contributed by atoms with Crippen LogP contribution in [0, 0.1) is 6.92 Å². The van der Waals surface area contributed by atoms with Crippen LogP contribution in [0.3, 0.4) is 0 Å². The monoisotopic (exact) mass is 369 g/mol. The van der Waals surface area contributed by atoms with Crippen molar-refractivity contribution in [2.45, 2.75) is 27.2 Å². The molecule has 0 aliphatic rings. The van der Waals surface area contributed by atoms with E-state index in [1.54, 1.807) is 19.1 Å². The minimum atomic E-state index is -0.307. The van der Waals surface area contributed by atoms with Crippen LogP contribution in [-0.2, 0) is 9.59 Å². The Hall–Kier alpha value is -2.73. The van der Waals surface area contributed by atoms with Crippen molar-refractivity contribution >= 4 is 28.3 Å². The second-order valence-corrected chi connectivity index (χ2v) is 6.55. The number of benzene rings is 1. The van der Waals surface area contributed by atoms with Gasteiger partial charge < -0.3 is 10.6 Å². The molecule has 0 atom stereocenters. The molecule has 6 heteroatoms. The minimum Gasteiger partial charge on any atom is -0.343 e. The molecule has 0 bridgehead atoms. The van der Waals surface area contributed by atoms with Crippen LogP contribution in [-0.4, -0.2) is 23.3 Å². The first-order chi connectivity index (χ1) is 12.5. The van der Waals surface area contributed by atoms with E-state index in [0.29, 0.717) is 10.7 Å². The average Bonchev–Trinajstić information content (AvgIpc) is 3.09. The van der Waals surface area contributed by atoms with Crippen LogP contribution in [0.15, 0.2) is 53.4 Å². The summed E-state index contributed by atoms with van der Waals surface area (Å²) in [6.07, 6.45) is 6.21. The molecule has 0 aliphatic carbocycles. The molecule has 1 aromatic heterocycles. The van der Waals surface area contributed by atoms with Gasteiger partial charge in [-0.1, -0.05) is 48.9 Å². The lowest BCUT2D eigenvalue weighted by Crippen LogP contribution is -2.33. The maximum Gasteiger partial charge on any atom is 0.251 e. The Balaban J connectivity index is 1.90. The third-order valence-electron chi connectivity index (χ3n) is 3.58. The van der Waals surface area contributed by atoms with Crippen LogP contribution >= 0.6 is 11.3 Å². The summed E-state index contributed by atoms with van der Waals surface area (Å²) in [4.78, 5) is 28.5. The van der Waals surface area contributed by atoms with Crippen molar-refractivity contribution in [3.05, 3.63) is 59.0 Å². The summed E-state index contributed by atoms with van der Waals surface area (Å²) in [6.45, 7) is 5.71. The van der Waals surface area contributed by atoms with Gasteiger partial charge in [-0.2, -0.15) is 0 Å². The lowest BCUT2D eigenvalue weighted by molar-refractivity contribution is -0.121. The Kier molecular flexibility index (Phi) is 7.29. The smallest absolute Gasteiger partial charge is 0.251 e. The van der Waals surface area contributed by atoms with E-state index < -0.39 is 0 Å². The lowest BCUT2D eigenvalue weighted by Gasteiger charge is -2.05. The van der Waals surface area contributed by atoms with Gasteiger partial charge in [-0.15, -0.1) is 11.3 Å². The van der Waals surface area contributed by atoms with Gasteiger partial charge in [0.05, 0.1) is 12.2 Å². The number of allylic oxidation sites excluding steroid dienone is 2. The highest BCUT2D eigenvalue weighted by molar-refractivity contribution is 7.14. The Morgan fingerprint density at radius 3 is 2.81 bits per heavy atom. The number of amides is 2. The molecule has 0 fully saturated rings. The first-order valence-corrected chi connectivity index (χ1v) is 9.35. The fraction of sp³-hybridized carbons (Fsp3) is 0.250. The molecule has 0 radical (unpaired) electrons.